The average Bonchev–Trinajstić information content (AvgIpc) is 3.26. The van der Waals surface area contributed by atoms with Gasteiger partial charge in [-0.3, -0.25) is 9.59 Å². The van der Waals surface area contributed by atoms with Crippen LogP contribution in [0.5, 0.6) is 0 Å². The van der Waals surface area contributed by atoms with Crippen LogP contribution in [0.1, 0.15) is 200 Å². The van der Waals surface area contributed by atoms with Crippen LogP contribution in [0.15, 0.2) is 85.1 Å². The lowest BCUT2D eigenvalue weighted by molar-refractivity contribution is -0.887. The van der Waals surface area contributed by atoms with E-state index in [0.717, 1.165) is 44.9 Å². The summed E-state index contributed by atoms with van der Waals surface area (Å²) in [6.07, 6.45) is 60.7. The third kappa shape index (κ3) is 43.7. The number of carbonyl (C=O) groups excluding carboxylic acids is 2. The summed E-state index contributed by atoms with van der Waals surface area (Å²) in [6, 6.07) is -0.629. The van der Waals surface area contributed by atoms with E-state index in [1.165, 1.54) is 116 Å². The molecule has 1 N–H and O–H groups in total. The van der Waals surface area contributed by atoms with Gasteiger partial charge in [0.1, 0.15) is 6.61 Å². The summed E-state index contributed by atoms with van der Waals surface area (Å²) >= 11 is 0. The van der Waals surface area contributed by atoms with Gasteiger partial charge in [-0.05, 0) is 57.8 Å². The highest BCUT2D eigenvalue weighted by atomic mass is 16.6. The molecule has 0 radical (unpaired) electrons. The number of quaternary nitrogens is 1. The highest BCUT2D eigenvalue weighted by Gasteiger charge is 2.31. The van der Waals surface area contributed by atoms with Gasteiger partial charge >= 0.3 is 17.9 Å². The number of unbranched alkanes of at least 4 members (excludes halogenated alkanes) is 22. The lowest BCUT2D eigenvalue weighted by Crippen LogP contribution is -2.50. The Kier molecular flexibility index (Phi) is 43.5. The van der Waals surface area contributed by atoms with E-state index in [-0.39, 0.29) is 42.7 Å². The van der Waals surface area contributed by atoms with Gasteiger partial charge < -0.3 is 23.8 Å². The van der Waals surface area contributed by atoms with Crippen LogP contribution in [0.25, 0.3) is 0 Å². The van der Waals surface area contributed by atoms with E-state index in [9.17, 15) is 19.5 Å². The van der Waals surface area contributed by atoms with Crippen molar-refractivity contribution >= 4 is 17.9 Å². The summed E-state index contributed by atoms with van der Waals surface area (Å²) < 4.78 is 17.3. The van der Waals surface area contributed by atoms with Crippen LogP contribution >= 0.6 is 0 Å². The fourth-order valence-electron chi connectivity index (χ4n) is 7.24. The number of likely N-dealkylation sites (N-methyl/N-ethyl adjacent to an activating group) is 1. The van der Waals surface area contributed by atoms with Crippen molar-refractivity contribution in [2.45, 2.75) is 212 Å². The van der Waals surface area contributed by atoms with Crippen molar-refractivity contribution in [3.8, 4) is 0 Å². The van der Waals surface area contributed by atoms with Gasteiger partial charge in [0.2, 0.25) is 0 Å². The van der Waals surface area contributed by atoms with Crippen LogP contribution in [-0.4, -0.2) is 80.6 Å². The summed E-state index contributed by atoms with van der Waals surface area (Å²) in [6.45, 7) is 4.55. The lowest BCUT2D eigenvalue weighted by atomic mass is 10.0. The second-order valence-corrected chi connectivity index (χ2v) is 18.2. The summed E-state index contributed by atoms with van der Waals surface area (Å²) in [4.78, 5) is 37.1. The monoisotopic (exact) mass is 895 g/mol. The number of rotatable bonds is 45. The Morgan fingerprint density at radius 3 is 1.36 bits per heavy atom. The number of aliphatic carboxylic acids is 1. The average molecular weight is 895 g/mol. The van der Waals surface area contributed by atoms with Crippen LogP contribution in [0.3, 0.4) is 0 Å². The molecule has 0 aliphatic rings. The molecule has 0 saturated heterocycles. The molecule has 2 atom stereocenters. The van der Waals surface area contributed by atoms with E-state index in [1.54, 1.807) is 0 Å². The molecule has 0 bridgehead atoms. The Morgan fingerprint density at radius 1 is 0.484 bits per heavy atom. The minimum Gasteiger partial charge on any atom is -0.477 e. The molecule has 0 aromatic heterocycles. The molecule has 0 rings (SSSR count). The minimum absolute atomic E-state index is 0.0369. The number of allylic oxidation sites excluding steroid dienone is 14. The molecule has 8 heteroatoms. The number of hydrogen-bond acceptors (Lipinski definition) is 6. The third-order valence-electron chi connectivity index (χ3n) is 11.2. The number of carboxylic acid groups (broad SMARTS) is 1. The predicted molar refractivity (Wildman–Crippen MR) is 270 cm³/mol. The van der Waals surface area contributed by atoms with Crippen LogP contribution in [0.4, 0.5) is 0 Å². The molecule has 0 heterocycles. The summed E-state index contributed by atoms with van der Waals surface area (Å²) in [7, 11) is 5.51. The zero-order chi connectivity index (χ0) is 47.0. The first-order valence-corrected chi connectivity index (χ1v) is 25.7. The van der Waals surface area contributed by atoms with Gasteiger partial charge in [0.05, 0.1) is 34.4 Å². The van der Waals surface area contributed by atoms with Gasteiger partial charge in [-0.15, -0.1) is 0 Å². The molecule has 0 aromatic rings. The SMILES string of the molecule is CC/C=C/C=C/C=C/C=C/C=C/C=C/CCCCCC(=O)OC(COCCC(C(=O)O)[N+](C)(C)C)COC(=O)CCCCCCCCC/C=C/CCCCCCCCCCCCCC. The molecule has 0 saturated carbocycles. The number of nitrogens with zero attached hydrogens (tertiary/aromatic N) is 1. The van der Waals surface area contributed by atoms with Crippen molar-refractivity contribution in [1.82, 2.24) is 0 Å². The van der Waals surface area contributed by atoms with Crippen LogP contribution < -0.4 is 0 Å². The van der Waals surface area contributed by atoms with Crippen molar-refractivity contribution in [2.24, 2.45) is 0 Å². The van der Waals surface area contributed by atoms with Gasteiger partial charge in [-0.2, -0.15) is 0 Å². The normalized spacial score (nSPS) is 13.6. The maximum absolute atomic E-state index is 12.8. The largest absolute Gasteiger partial charge is 0.477 e. The molecule has 366 valence electrons. The minimum atomic E-state index is -0.886. The maximum Gasteiger partial charge on any atom is 0.362 e. The first-order chi connectivity index (χ1) is 31.1. The lowest BCUT2D eigenvalue weighted by Gasteiger charge is -2.31. The second-order valence-electron chi connectivity index (χ2n) is 18.2. The number of carboxylic acids is 1. The van der Waals surface area contributed by atoms with E-state index in [4.69, 9.17) is 14.2 Å². The Hall–Kier alpha value is -3.49. The number of ether oxygens (including phenoxy) is 3. The number of carbonyl (C=O) groups is 3. The standard InChI is InChI=1S/C56H95NO7/c1-6-8-10-12-14-16-18-20-22-24-25-26-27-28-29-31-32-34-36-38-40-42-44-46-54(58)63-51-52(50-62-49-48-53(56(60)61)57(3,4)5)64-55(59)47-45-43-41-39-37-35-33-30-23-21-19-17-15-13-11-9-7-2/h9,11,13,15,17,19,21,23,28-30,33,35,37,52-53H,6-8,10,12,14,16,18,20,22,24-27,31-32,34,36,38-51H2,1-5H3/p+1/b11-9+,15-13+,19-17+,23-21+,29-28+,33-30+,37-35+. The molecular formula is C56H96NO7+. The van der Waals surface area contributed by atoms with Gasteiger partial charge in [-0.25, -0.2) is 4.79 Å². The van der Waals surface area contributed by atoms with E-state index in [0.29, 0.717) is 19.3 Å². The molecule has 0 spiro atoms. The summed E-state index contributed by atoms with van der Waals surface area (Å²) in [5.41, 5.74) is 0. The Balaban J connectivity index is 4.30. The van der Waals surface area contributed by atoms with Gasteiger partial charge in [0.25, 0.3) is 0 Å². The second kappa shape index (κ2) is 46.1. The van der Waals surface area contributed by atoms with Crippen molar-refractivity contribution in [2.75, 3.05) is 41.0 Å². The molecule has 0 aromatic carbocycles. The van der Waals surface area contributed by atoms with Gasteiger partial charge in [-0.1, -0.05) is 208 Å². The van der Waals surface area contributed by atoms with Crippen molar-refractivity contribution in [1.29, 1.82) is 0 Å². The Labute approximate surface area is 393 Å². The van der Waals surface area contributed by atoms with E-state index < -0.39 is 18.1 Å². The van der Waals surface area contributed by atoms with Gasteiger partial charge in [0.15, 0.2) is 12.1 Å². The van der Waals surface area contributed by atoms with Gasteiger partial charge in [0, 0.05) is 19.3 Å². The van der Waals surface area contributed by atoms with E-state index in [2.05, 4.69) is 38.2 Å². The van der Waals surface area contributed by atoms with E-state index in [1.807, 2.05) is 81.9 Å². The fourth-order valence-corrected chi connectivity index (χ4v) is 7.24. The molecule has 2 unspecified atom stereocenters. The number of esters is 2. The first kappa shape index (κ1) is 60.5. The fraction of sp³-hybridized carbons (Fsp3) is 0.696. The third-order valence-corrected chi connectivity index (χ3v) is 11.2. The first-order valence-electron chi connectivity index (χ1n) is 25.7. The molecule has 0 amide bonds. The predicted octanol–water partition coefficient (Wildman–Crippen LogP) is 14.9. The quantitative estimate of drug-likeness (QED) is 0.0214. The smallest absolute Gasteiger partial charge is 0.362 e. The zero-order valence-electron chi connectivity index (χ0n) is 41.7. The molecule has 0 aliphatic carbocycles. The summed E-state index contributed by atoms with van der Waals surface area (Å²) in [5.74, 6) is -1.53. The molecule has 0 fully saturated rings. The molecule has 64 heavy (non-hydrogen) atoms. The molecule has 8 nitrogen and oxygen atoms in total. The molecule has 0 aliphatic heterocycles. The summed E-state index contributed by atoms with van der Waals surface area (Å²) in [5, 5.41) is 9.65. The van der Waals surface area contributed by atoms with E-state index >= 15 is 0 Å². The Bertz CT molecular complexity index is 1320. The molecular weight excluding hydrogens is 799 g/mol. The maximum atomic E-state index is 12.8. The highest BCUT2D eigenvalue weighted by molar-refractivity contribution is 5.72. The number of hydrogen-bond donors (Lipinski definition) is 1. The highest BCUT2D eigenvalue weighted by Crippen LogP contribution is 2.15. The van der Waals surface area contributed by atoms with Crippen LogP contribution in [0.2, 0.25) is 0 Å². The van der Waals surface area contributed by atoms with Crippen molar-refractivity contribution in [3.63, 3.8) is 0 Å². The van der Waals surface area contributed by atoms with Crippen molar-refractivity contribution in [3.05, 3.63) is 85.1 Å². The topological polar surface area (TPSA) is 99.1 Å². The zero-order valence-corrected chi connectivity index (χ0v) is 41.7. The Morgan fingerprint density at radius 2 is 0.891 bits per heavy atom. The van der Waals surface area contributed by atoms with Crippen molar-refractivity contribution < 1.29 is 38.2 Å². The van der Waals surface area contributed by atoms with Crippen LogP contribution in [-0.2, 0) is 28.6 Å². The van der Waals surface area contributed by atoms with Crippen LogP contribution in [0, 0.1) is 0 Å².